The number of rotatable bonds is 6. The van der Waals surface area contributed by atoms with E-state index in [0.717, 1.165) is 11.3 Å². The lowest BCUT2D eigenvalue weighted by atomic mass is 10.1. The lowest BCUT2D eigenvalue weighted by molar-refractivity contribution is 0.0970. The number of aryl methyl sites for hydroxylation is 2. The van der Waals surface area contributed by atoms with Crippen molar-refractivity contribution in [3.8, 4) is 11.5 Å². The van der Waals surface area contributed by atoms with Crippen molar-refractivity contribution < 1.29 is 14.3 Å². The monoisotopic (exact) mass is 274 g/mol. The normalized spacial score (nSPS) is 10.3. The second kappa shape index (κ2) is 6.23. The van der Waals surface area contributed by atoms with Crippen molar-refractivity contribution in [2.24, 2.45) is 7.05 Å². The number of ether oxygens (including phenoxy) is 2. The average Bonchev–Trinajstić information content (AvgIpc) is 2.86. The molecule has 5 nitrogen and oxygen atoms in total. The summed E-state index contributed by atoms with van der Waals surface area (Å²) in [6.07, 6.45) is 2.65. The van der Waals surface area contributed by atoms with E-state index in [-0.39, 0.29) is 5.78 Å². The van der Waals surface area contributed by atoms with Crippen LogP contribution in [0.1, 0.15) is 22.5 Å². The van der Waals surface area contributed by atoms with Gasteiger partial charge in [0.1, 0.15) is 11.4 Å². The molecule has 0 bridgehead atoms. The minimum Gasteiger partial charge on any atom is -0.497 e. The third-order valence-electron chi connectivity index (χ3n) is 3.19. The smallest absolute Gasteiger partial charge is 0.184 e. The Morgan fingerprint density at radius 3 is 2.50 bits per heavy atom. The molecule has 0 aliphatic rings. The second-order valence-electron chi connectivity index (χ2n) is 4.46. The van der Waals surface area contributed by atoms with Gasteiger partial charge in [-0.15, -0.1) is 0 Å². The first-order valence-electron chi connectivity index (χ1n) is 6.38. The van der Waals surface area contributed by atoms with Crippen molar-refractivity contribution in [2.45, 2.75) is 12.8 Å². The van der Waals surface area contributed by atoms with Gasteiger partial charge in [-0.05, 0) is 24.1 Å². The molecule has 106 valence electrons. The van der Waals surface area contributed by atoms with Gasteiger partial charge in [0.15, 0.2) is 11.5 Å². The van der Waals surface area contributed by atoms with Crippen LogP contribution in [0.25, 0.3) is 0 Å². The molecule has 1 aromatic carbocycles. The van der Waals surface area contributed by atoms with E-state index in [9.17, 15) is 4.79 Å². The number of nitrogens with zero attached hydrogens (tertiary/aromatic N) is 2. The summed E-state index contributed by atoms with van der Waals surface area (Å²) in [4.78, 5) is 12.2. The van der Waals surface area contributed by atoms with E-state index in [4.69, 9.17) is 9.47 Å². The molecule has 0 aliphatic carbocycles. The summed E-state index contributed by atoms with van der Waals surface area (Å²) in [5, 5.41) is 4.04. The fraction of sp³-hybridized carbons (Fsp3) is 0.333. The van der Waals surface area contributed by atoms with Crippen LogP contribution >= 0.6 is 0 Å². The number of hydrogen-bond acceptors (Lipinski definition) is 4. The first kappa shape index (κ1) is 14.1. The number of Topliss-reactive ketones (excluding diaryl/α,β-unsaturated/α-hetero) is 1. The van der Waals surface area contributed by atoms with Gasteiger partial charge in [0.25, 0.3) is 0 Å². The van der Waals surface area contributed by atoms with Crippen LogP contribution in [0.4, 0.5) is 0 Å². The Morgan fingerprint density at radius 2 is 1.90 bits per heavy atom. The molecular formula is C15H18N2O3. The van der Waals surface area contributed by atoms with Gasteiger partial charge in [0.05, 0.1) is 20.4 Å². The number of carbonyl (C=O) groups excluding carboxylic acids is 1. The summed E-state index contributed by atoms with van der Waals surface area (Å²) in [7, 11) is 4.91. The highest BCUT2D eigenvalue weighted by Crippen LogP contribution is 2.19. The molecule has 0 saturated carbocycles. The Balaban J connectivity index is 2.02. The van der Waals surface area contributed by atoms with Crippen LogP contribution in [0.5, 0.6) is 11.5 Å². The molecule has 0 unspecified atom stereocenters. The molecule has 0 radical (unpaired) electrons. The molecule has 0 aliphatic heterocycles. The zero-order chi connectivity index (χ0) is 14.5. The predicted octanol–water partition coefficient (Wildman–Crippen LogP) is 2.25. The highest BCUT2D eigenvalue weighted by molar-refractivity contribution is 5.97. The maximum atomic E-state index is 12.2. The largest absolute Gasteiger partial charge is 0.497 e. The standard InChI is InChI=1S/C15H18N2O3/c1-17-15(14(20-3)10-16-17)13(18)9-6-11-4-7-12(19-2)8-5-11/h4-5,7-8,10H,6,9H2,1-3H3. The first-order valence-corrected chi connectivity index (χ1v) is 6.38. The van der Waals surface area contributed by atoms with Crippen LogP contribution in [-0.4, -0.2) is 29.8 Å². The zero-order valence-electron chi connectivity index (χ0n) is 11.9. The van der Waals surface area contributed by atoms with E-state index in [1.807, 2.05) is 24.3 Å². The molecule has 2 aromatic rings. The van der Waals surface area contributed by atoms with E-state index in [1.165, 1.54) is 7.11 Å². The lowest BCUT2D eigenvalue weighted by Crippen LogP contribution is -2.09. The van der Waals surface area contributed by atoms with Crippen molar-refractivity contribution in [2.75, 3.05) is 14.2 Å². The van der Waals surface area contributed by atoms with E-state index < -0.39 is 0 Å². The van der Waals surface area contributed by atoms with Gasteiger partial charge in [0, 0.05) is 13.5 Å². The molecule has 0 fully saturated rings. The molecule has 0 spiro atoms. The predicted molar refractivity (Wildman–Crippen MR) is 75.4 cm³/mol. The third-order valence-corrected chi connectivity index (χ3v) is 3.19. The van der Waals surface area contributed by atoms with E-state index in [1.54, 1.807) is 25.0 Å². The van der Waals surface area contributed by atoms with E-state index >= 15 is 0 Å². The lowest BCUT2D eigenvalue weighted by Gasteiger charge is -2.05. The summed E-state index contributed by atoms with van der Waals surface area (Å²) in [5.41, 5.74) is 1.61. The van der Waals surface area contributed by atoms with Crippen molar-refractivity contribution in [1.82, 2.24) is 9.78 Å². The van der Waals surface area contributed by atoms with Crippen molar-refractivity contribution in [3.05, 3.63) is 41.7 Å². The average molecular weight is 274 g/mol. The SMILES string of the molecule is COc1ccc(CCC(=O)c2c(OC)cnn2C)cc1. The Hall–Kier alpha value is -2.30. The van der Waals surface area contributed by atoms with Crippen LogP contribution in [0.3, 0.4) is 0 Å². The molecule has 0 amide bonds. The summed E-state index contributed by atoms with van der Waals surface area (Å²) < 4.78 is 11.8. The number of benzene rings is 1. The van der Waals surface area contributed by atoms with Crippen LogP contribution in [0.2, 0.25) is 0 Å². The third kappa shape index (κ3) is 2.99. The molecule has 5 heteroatoms. The van der Waals surface area contributed by atoms with Gasteiger partial charge < -0.3 is 9.47 Å². The second-order valence-corrected chi connectivity index (χ2v) is 4.46. The molecular weight excluding hydrogens is 256 g/mol. The van der Waals surface area contributed by atoms with Gasteiger partial charge in [-0.25, -0.2) is 0 Å². The van der Waals surface area contributed by atoms with Crippen molar-refractivity contribution >= 4 is 5.78 Å². The van der Waals surface area contributed by atoms with E-state index in [0.29, 0.717) is 24.3 Å². The molecule has 1 heterocycles. The number of aromatic nitrogens is 2. The van der Waals surface area contributed by atoms with Gasteiger partial charge in [-0.1, -0.05) is 12.1 Å². The molecule has 2 rings (SSSR count). The summed E-state index contributed by atoms with van der Waals surface area (Å²) in [6.45, 7) is 0. The van der Waals surface area contributed by atoms with Crippen molar-refractivity contribution in [1.29, 1.82) is 0 Å². The topological polar surface area (TPSA) is 53.4 Å². The fourth-order valence-corrected chi connectivity index (χ4v) is 2.05. The summed E-state index contributed by atoms with van der Waals surface area (Å²) in [6, 6.07) is 7.72. The van der Waals surface area contributed by atoms with Gasteiger partial charge in [-0.3, -0.25) is 9.48 Å². The number of hydrogen-bond donors (Lipinski definition) is 0. The van der Waals surface area contributed by atoms with Gasteiger partial charge >= 0.3 is 0 Å². The molecule has 0 N–H and O–H groups in total. The van der Waals surface area contributed by atoms with Crippen LogP contribution in [0, 0.1) is 0 Å². The summed E-state index contributed by atoms with van der Waals surface area (Å²) >= 11 is 0. The highest BCUT2D eigenvalue weighted by Gasteiger charge is 2.17. The quantitative estimate of drug-likeness (QED) is 0.758. The number of ketones is 1. The molecule has 20 heavy (non-hydrogen) atoms. The maximum absolute atomic E-state index is 12.2. The Kier molecular flexibility index (Phi) is 4.40. The van der Waals surface area contributed by atoms with E-state index in [2.05, 4.69) is 5.10 Å². The number of methoxy groups -OCH3 is 2. The summed E-state index contributed by atoms with van der Waals surface area (Å²) in [5.74, 6) is 1.36. The maximum Gasteiger partial charge on any atom is 0.184 e. The van der Waals surface area contributed by atoms with Crippen LogP contribution < -0.4 is 9.47 Å². The molecule has 1 aromatic heterocycles. The van der Waals surface area contributed by atoms with Gasteiger partial charge in [-0.2, -0.15) is 5.10 Å². The number of carbonyl (C=O) groups is 1. The highest BCUT2D eigenvalue weighted by atomic mass is 16.5. The van der Waals surface area contributed by atoms with Crippen LogP contribution in [0.15, 0.2) is 30.5 Å². The van der Waals surface area contributed by atoms with Crippen LogP contribution in [-0.2, 0) is 13.5 Å². The Morgan fingerprint density at radius 1 is 1.20 bits per heavy atom. The molecule has 0 atom stereocenters. The first-order chi connectivity index (χ1) is 9.65. The van der Waals surface area contributed by atoms with Gasteiger partial charge in [0.2, 0.25) is 0 Å². The Bertz CT molecular complexity index is 588. The minimum atomic E-state index is 0.0256. The zero-order valence-corrected chi connectivity index (χ0v) is 11.9. The Labute approximate surface area is 118 Å². The molecule has 0 saturated heterocycles. The fourth-order valence-electron chi connectivity index (χ4n) is 2.05. The minimum absolute atomic E-state index is 0.0256. The van der Waals surface area contributed by atoms with Crippen molar-refractivity contribution in [3.63, 3.8) is 0 Å².